The normalized spacial score (nSPS) is 13.2. The molecular formula is C22H19F2IN2O4. The molecule has 31 heavy (non-hydrogen) atoms. The maximum Gasteiger partial charge on any atom is 0.307 e. The maximum absolute atomic E-state index is 14.4. The van der Waals surface area contributed by atoms with Crippen LogP contribution in [0, 0.1) is 15.2 Å². The lowest BCUT2D eigenvalue weighted by molar-refractivity contribution is -0.136. The lowest BCUT2D eigenvalue weighted by Gasteiger charge is -2.29. The summed E-state index contributed by atoms with van der Waals surface area (Å²) < 4.78 is 28.9. The molecular weight excluding hydrogens is 521 g/mol. The number of nitrogens with one attached hydrogen (secondary N) is 1. The number of fused-ring (bicyclic) bond motifs is 1. The van der Waals surface area contributed by atoms with E-state index >= 15 is 0 Å². The molecule has 0 bridgehead atoms. The highest BCUT2D eigenvalue weighted by Crippen LogP contribution is 2.24. The molecule has 0 radical (unpaired) electrons. The molecule has 162 valence electrons. The molecule has 2 amide bonds. The smallest absolute Gasteiger partial charge is 0.307 e. The molecule has 0 saturated carbocycles. The van der Waals surface area contributed by atoms with Crippen LogP contribution in [0.1, 0.15) is 22.3 Å². The molecule has 1 aliphatic rings. The average Bonchev–Trinajstić information content (AvgIpc) is 2.70. The van der Waals surface area contributed by atoms with Crippen LogP contribution in [0.2, 0.25) is 0 Å². The molecule has 0 spiro atoms. The molecule has 0 fully saturated rings. The van der Waals surface area contributed by atoms with Crippen molar-refractivity contribution in [2.24, 2.45) is 0 Å². The van der Waals surface area contributed by atoms with Crippen molar-refractivity contribution in [3.63, 3.8) is 0 Å². The molecule has 0 unspecified atom stereocenters. The lowest BCUT2D eigenvalue weighted by Crippen LogP contribution is -2.42. The Morgan fingerprint density at radius 3 is 2.65 bits per heavy atom. The highest BCUT2D eigenvalue weighted by molar-refractivity contribution is 14.1. The minimum Gasteiger partial charge on any atom is -0.481 e. The molecule has 2 aromatic rings. The third-order valence-electron chi connectivity index (χ3n) is 4.85. The zero-order valence-electron chi connectivity index (χ0n) is 16.3. The predicted octanol–water partition coefficient (Wildman–Crippen LogP) is 2.91. The fourth-order valence-electron chi connectivity index (χ4n) is 3.31. The Labute approximate surface area is 191 Å². The Kier molecular flexibility index (Phi) is 7.37. The van der Waals surface area contributed by atoms with Crippen molar-refractivity contribution in [3.05, 3.63) is 73.9 Å². The molecule has 2 aromatic carbocycles. The summed E-state index contributed by atoms with van der Waals surface area (Å²) in [5, 5.41) is 11.3. The van der Waals surface area contributed by atoms with Gasteiger partial charge < -0.3 is 15.3 Å². The van der Waals surface area contributed by atoms with E-state index in [9.17, 15) is 23.2 Å². The molecule has 1 aliphatic heterocycles. The first-order chi connectivity index (χ1) is 14.7. The number of carbonyl (C=O) groups excluding carboxylic acids is 2. The third-order valence-corrected chi connectivity index (χ3v) is 5.52. The lowest BCUT2D eigenvalue weighted by atomic mass is 9.95. The van der Waals surface area contributed by atoms with Crippen LogP contribution in [-0.4, -0.2) is 40.9 Å². The quantitative estimate of drug-likeness (QED) is 0.436. The molecule has 0 atom stereocenters. The van der Waals surface area contributed by atoms with Crippen molar-refractivity contribution in [2.45, 2.75) is 19.4 Å². The van der Waals surface area contributed by atoms with E-state index < -0.39 is 23.5 Å². The average molecular weight is 540 g/mol. The van der Waals surface area contributed by atoms with Crippen LogP contribution in [0.4, 0.5) is 8.78 Å². The number of hydrogen-bond acceptors (Lipinski definition) is 3. The van der Waals surface area contributed by atoms with Gasteiger partial charge in [0, 0.05) is 33.9 Å². The second-order valence-corrected chi connectivity index (χ2v) is 8.31. The number of benzene rings is 2. The number of amides is 2. The Balaban J connectivity index is 1.56. The van der Waals surface area contributed by atoms with Crippen LogP contribution in [0.25, 0.3) is 6.08 Å². The topological polar surface area (TPSA) is 86.7 Å². The standard InChI is InChI=1S/C22H19F2IN2O4/c23-18-10-16(25)3-1-14(18)2-4-20(28)26-11-21(29)27-6-5-15-7-13(9-22(30)31)8-19(24)17(15)12-27/h1-4,7-8,10H,5-6,9,11-12H2,(H,26,28)(H,30,31)/b4-2+. The maximum atomic E-state index is 14.4. The summed E-state index contributed by atoms with van der Waals surface area (Å²) in [6, 6.07) is 7.44. The van der Waals surface area contributed by atoms with E-state index in [1.165, 1.54) is 23.1 Å². The third kappa shape index (κ3) is 6.09. The second-order valence-electron chi connectivity index (χ2n) is 7.07. The minimum absolute atomic E-state index is 0.0485. The summed E-state index contributed by atoms with van der Waals surface area (Å²) in [7, 11) is 0. The first-order valence-corrected chi connectivity index (χ1v) is 10.5. The van der Waals surface area contributed by atoms with Gasteiger partial charge in [-0.1, -0.05) is 12.1 Å². The number of carbonyl (C=O) groups is 3. The van der Waals surface area contributed by atoms with Crippen LogP contribution in [0.15, 0.2) is 36.4 Å². The Morgan fingerprint density at radius 2 is 1.94 bits per heavy atom. The van der Waals surface area contributed by atoms with E-state index in [2.05, 4.69) is 5.32 Å². The van der Waals surface area contributed by atoms with E-state index in [-0.39, 0.29) is 31.0 Å². The molecule has 0 saturated heterocycles. The molecule has 0 aromatic heterocycles. The zero-order chi connectivity index (χ0) is 22.5. The van der Waals surface area contributed by atoms with Gasteiger partial charge in [-0.05, 0) is 64.4 Å². The van der Waals surface area contributed by atoms with Crippen molar-refractivity contribution in [1.82, 2.24) is 10.2 Å². The number of aliphatic carboxylic acids is 1. The van der Waals surface area contributed by atoms with Crippen LogP contribution in [0.5, 0.6) is 0 Å². The van der Waals surface area contributed by atoms with Gasteiger partial charge in [-0.25, -0.2) is 8.78 Å². The molecule has 1 heterocycles. The number of carboxylic acid groups (broad SMARTS) is 1. The summed E-state index contributed by atoms with van der Waals surface area (Å²) in [5.41, 5.74) is 1.68. The summed E-state index contributed by atoms with van der Waals surface area (Å²) in [6.07, 6.45) is 2.60. The number of hydrogen-bond donors (Lipinski definition) is 2. The van der Waals surface area contributed by atoms with Crippen LogP contribution < -0.4 is 5.32 Å². The van der Waals surface area contributed by atoms with Gasteiger partial charge in [0.25, 0.3) is 0 Å². The van der Waals surface area contributed by atoms with Crippen molar-refractivity contribution >= 4 is 46.5 Å². The highest BCUT2D eigenvalue weighted by atomic mass is 127. The van der Waals surface area contributed by atoms with E-state index in [4.69, 9.17) is 5.11 Å². The van der Waals surface area contributed by atoms with Crippen molar-refractivity contribution in [3.8, 4) is 0 Å². The van der Waals surface area contributed by atoms with Gasteiger partial charge in [0.05, 0.1) is 13.0 Å². The molecule has 3 rings (SSSR count). The van der Waals surface area contributed by atoms with E-state index in [0.717, 1.165) is 9.65 Å². The number of rotatable bonds is 6. The van der Waals surface area contributed by atoms with Crippen molar-refractivity contribution in [2.75, 3.05) is 13.1 Å². The Morgan fingerprint density at radius 1 is 1.16 bits per heavy atom. The van der Waals surface area contributed by atoms with Crippen LogP contribution >= 0.6 is 22.6 Å². The van der Waals surface area contributed by atoms with Gasteiger partial charge in [0.1, 0.15) is 11.6 Å². The van der Waals surface area contributed by atoms with Crippen molar-refractivity contribution < 1.29 is 28.3 Å². The van der Waals surface area contributed by atoms with Gasteiger partial charge in [-0.2, -0.15) is 0 Å². The molecule has 2 N–H and O–H groups in total. The van der Waals surface area contributed by atoms with Gasteiger partial charge in [0.15, 0.2) is 0 Å². The number of carboxylic acids is 1. The fraction of sp³-hybridized carbons (Fsp3) is 0.227. The van der Waals surface area contributed by atoms with Gasteiger partial charge in [0.2, 0.25) is 11.8 Å². The molecule has 6 nitrogen and oxygen atoms in total. The summed E-state index contributed by atoms with van der Waals surface area (Å²) >= 11 is 1.98. The summed E-state index contributed by atoms with van der Waals surface area (Å²) in [5.74, 6) is -2.96. The first-order valence-electron chi connectivity index (χ1n) is 9.43. The zero-order valence-corrected chi connectivity index (χ0v) is 18.5. The Hall–Kier alpha value is -2.82. The molecule has 9 heteroatoms. The molecule has 0 aliphatic carbocycles. The van der Waals surface area contributed by atoms with Gasteiger partial charge >= 0.3 is 5.97 Å². The van der Waals surface area contributed by atoms with Gasteiger partial charge in [-0.3, -0.25) is 14.4 Å². The SMILES string of the molecule is O=C(O)Cc1cc(F)c2c(c1)CCN(C(=O)CNC(=O)/C=C/c1ccc(I)cc1F)C2. The van der Waals surface area contributed by atoms with E-state index in [1.54, 1.807) is 18.2 Å². The predicted molar refractivity (Wildman–Crippen MR) is 118 cm³/mol. The van der Waals surface area contributed by atoms with Crippen molar-refractivity contribution in [1.29, 1.82) is 0 Å². The first kappa shape index (κ1) is 22.9. The minimum atomic E-state index is -1.04. The highest BCUT2D eigenvalue weighted by Gasteiger charge is 2.24. The Bertz CT molecular complexity index is 1070. The fourth-order valence-corrected chi connectivity index (χ4v) is 3.76. The summed E-state index contributed by atoms with van der Waals surface area (Å²) in [6.45, 7) is 0.112. The van der Waals surface area contributed by atoms with Gasteiger partial charge in [-0.15, -0.1) is 0 Å². The summed E-state index contributed by atoms with van der Waals surface area (Å²) in [4.78, 5) is 36.7. The van der Waals surface area contributed by atoms with E-state index in [1.807, 2.05) is 22.6 Å². The number of nitrogens with zero attached hydrogens (tertiary/aromatic N) is 1. The monoisotopic (exact) mass is 540 g/mol. The van der Waals surface area contributed by atoms with E-state index in [0.29, 0.717) is 29.7 Å². The number of halogens is 3. The largest absolute Gasteiger partial charge is 0.481 e. The van der Waals surface area contributed by atoms with Crippen LogP contribution in [-0.2, 0) is 33.8 Å². The van der Waals surface area contributed by atoms with Crippen LogP contribution in [0.3, 0.4) is 0 Å². The second kappa shape index (κ2) is 9.99.